The fourth-order valence-corrected chi connectivity index (χ4v) is 1.58. The molecule has 0 aliphatic carbocycles. The van der Waals surface area contributed by atoms with Crippen molar-refractivity contribution in [2.75, 3.05) is 25.0 Å². The third-order valence-corrected chi connectivity index (χ3v) is 2.45. The standard InChI is InChI=1S/C11H16N4/c1-9-6-11(15-14-7-9)13-8-10-2-4-12-5-3-10/h2,6-7,12H,3-5,8H2,1H3,(H,13,15). The normalized spacial score (nSPS) is 15.9. The zero-order valence-corrected chi connectivity index (χ0v) is 8.95. The smallest absolute Gasteiger partial charge is 0.149 e. The van der Waals surface area contributed by atoms with Crippen molar-refractivity contribution in [1.82, 2.24) is 15.5 Å². The Kier molecular flexibility index (Phi) is 3.29. The molecule has 80 valence electrons. The van der Waals surface area contributed by atoms with Gasteiger partial charge in [-0.15, -0.1) is 5.10 Å². The average Bonchev–Trinajstić information content (AvgIpc) is 2.28. The summed E-state index contributed by atoms with van der Waals surface area (Å²) in [5, 5.41) is 14.5. The van der Waals surface area contributed by atoms with Crippen molar-refractivity contribution >= 4 is 5.82 Å². The first-order valence-electron chi connectivity index (χ1n) is 5.26. The molecule has 0 radical (unpaired) electrons. The van der Waals surface area contributed by atoms with Gasteiger partial charge in [-0.3, -0.25) is 0 Å². The third-order valence-electron chi connectivity index (χ3n) is 2.45. The summed E-state index contributed by atoms with van der Waals surface area (Å²) in [6.45, 7) is 4.95. The van der Waals surface area contributed by atoms with E-state index in [0.29, 0.717) is 0 Å². The Morgan fingerprint density at radius 3 is 3.20 bits per heavy atom. The van der Waals surface area contributed by atoms with Crippen molar-refractivity contribution in [2.24, 2.45) is 0 Å². The molecule has 1 aromatic heterocycles. The summed E-state index contributed by atoms with van der Waals surface area (Å²) >= 11 is 0. The lowest BCUT2D eigenvalue weighted by molar-refractivity contribution is 0.697. The number of nitrogens with one attached hydrogen (secondary N) is 2. The van der Waals surface area contributed by atoms with Crippen LogP contribution in [-0.2, 0) is 0 Å². The highest BCUT2D eigenvalue weighted by Gasteiger charge is 2.02. The van der Waals surface area contributed by atoms with E-state index in [4.69, 9.17) is 0 Å². The van der Waals surface area contributed by atoms with E-state index < -0.39 is 0 Å². The number of aryl methyl sites for hydroxylation is 1. The number of nitrogens with zero attached hydrogens (tertiary/aromatic N) is 2. The SMILES string of the molecule is Cc1cnnc(NCC2=CCNCC2)c1. The first-order chi connectivity index (χ1) is 7.34. The van der Waals surface area contributed by atoms with Crippen LogP contribution in [0.15, 0.2) is 23.9 Å². The minimum Gasteiger partial charge on any atom is -0.365 e. The summed E-state index contributed by atoms with van der Waals surface area (Å²) in [4.78, 5) is 0. The molecule has 0 fully saturated rings. The molecule has 15 heavy (non-hydrogen) atoms. The molecule has 0 unspecified atom stereocenters. The fraction of sp³-hybridized carbons (Fsp3) is 0.455. The first-order valence-corrected chi connectivity index (χ1v) is 5.26. The summed E-state index contributed by atoms with van der Waals surface area (Å²) in [6.07, 6.45) is 5.11. The summed E-state index contributed by atoms with van der Waals surface area (Å²) in [6, 6.07) is 2.01. The summed E-state index contributed by atoms with van der Waals surface area (Å²) < 4.78 is 0. The lowest BCUT2D eigenvalue weighted by Gasteiger charge is -2.14. The summed E-state index contributed by atoms with van der Waals surface area (Å²) in [5.41, 5.74) is 2.57. The van der Waals surface area contributed by atoms with Crippen LogP contribution in [0.1, 0.15) is 12.0 Å². The monoisotopic (exact) mass is 204 g/mol. The van der Waals surface area contributed by atoms with Gasteiger partial charge in [-0.1, -0.05) is 11.6 Å². The molecule has 4 nitrogen and oxygen atoms in total. The van der Waals surface area contributed by atoms with Gasteiger partial charge in [0.25, 0.3) is 0 Å². The van der Waals surface area contributed by atoms with Gasteiger partial charge in [0, 0.05) is 13.1 Å². The van der Waals surface area contributed by atoms with Crippen molar-refractivity contribution in [2.45, 2.75) is 13.3 Å². The van der Waals surface area contributed by atoms with Crippen LogP contribution < -0.4 is 10.6 Å². The largest absolute Gasteiger partial charge is 0.365 e. The molecular formula is C11H16N4. The van der Waals surface area contributed by atoms with Crippen LogP contribution >= 0.6 is 0 Å². The Hall–Kier alpha value is -1.42. The van der Waals surface area contributed by atoms with E-state index in [0.717, 1.165) is 37.4 Å². The van der Waals surface area contributed by atoms with Crippen LogP contribution in [0.25, 0.3) is 0 Å². The van der Waals surface area contributed by atoms with Crippen LogP contribution in [0, 0.1) is 6.92 Å². The van der Waals surface area contributed by atoms with E-state index in [1.165, 1.54) is 5.57 Å². The second-order valence-corrected chi connectivity index (χ2v) is 3.79. The van der Waals surface area contributed by atoms with Crippen molar-refractivity contribution in [3.05, 3.63) is 29.5 Å². The Labute approximate surface area is 89.8 Å². The first kappa shape index (κ1) is 10.1. The number of rotatable bonds is 3. The van der Waals surface area contributed by atoms with Crippen LogP contribution in [-0.4, -0.2) is 29.8 Å². The third kappa shape index (κ3) is 3.02. The van der Waals surface area contributed by atoms with E-state index >= 15 is 0 Å². The van der Waals surface area contributed by atoms with Gasteiger partial charge in [0.15, 0.2) is 0 Å². The van der Waals surface area contributed by atoms with Gasteiger partial charge < -0.3 is 10.6 Å². The topological polar surface area (TPSA) is 49.8 Å². The number of aromatic nitrogens is 2. The number of anilines is 1. The number of hydrogen-bond donors (Lipinski definition) is 2. The minimum absolute atomic E-state index is 0.856. The van der Waals surface area contributed by atoms with Crippen molar-refractivity contribution < 1.29 is 0 Å². The highest BCUT2D eigenvalue weighted by Crippen LogP contribution is 2.07. The molecule has 4 heteroatoms. The fourth-order valence-electron chi connectivity index (χ4n) is 1.58. The second-order valence-electron chi connectivity index (χ2n) is 3.79. The van der Waals surface area contributed by atoms with E-state index in [9.17, 15) is 0 Å². The van der Waals surface area contributed by atoms with E-state index in [1.807, 2.05) is 13.0 Å². The van der Waals surface area contributed by atoms with Gasteiger partial charge in [-0.2, -0.15) is 5.10 Å². The van der Waals surface area contributed by atoms with Crippen molar-refractivity contribution in [1.29, 1.82) is 0 Å². The zero-order chi connectivity index (χ0) is 10.5. The Bertz CT molecular complexity index is 359. The highest BCUT2D eigenvalue weighted by molar-refractivity contribution is 5.36. The molecule has 0 atom stereocenters. The maximum Gasteiger partial charge on any atom is 0.149 e. The van der Waals surface area contributed by atoms with Gasteiger partial charge in [0.1, 0.15) is 5.82 Å². The molecule has 0 spiro atoms. The van der Waals surface area contributed by atoms with Crippen LogP contribution in [0.5, 0.6) is 0 Å². The van der Waals surface area contributed by atoms with Crippen LogP contribution in [0.3, 0.4) is 0 Å². The Balaban J connectivity index is 1.90. The van der Waals surface area contributed by atoms with Crippen molar-refractivity contribution in [3.8, 4) is 0 Å². The van der Waals surface area contributed by atoms with Crippen molar-refractivity contribution in [3.63, 3.8) is 0 Å². The van der Waals surface area contributed by atoms with Gasteiger partial charge >= 0.3 is 0 Å². The molecule has 0 bridgehead atoms. The predicted octanol–water partition coefficient (Wildman–Crippen LogP) is 1.12. The zero-order valence-electron chi connectivity index (χ0n) is 8.95. The molecule has 1 aliphatic rings. The molecule has 0 amide bonds. The highest BCUT2D eigenvalue weighted by atomic mass is 15.2. The van der Waals surface area contributed by atoms with E-state index in [-0.39, 0.29) is 0 Å². The maximum absolute atomic E-state index is 4.02. The molecule has 2 heterocycles. The number of hydrogen-bond acceptors (Lipinski definition) is 4. The second kappa shape index (κ2) is 4.89. The lowest BCUT2D eigenvalue weighted by Crippen LogP contribution is -2.23. The van der Waals surface area contributed by atoms with Gasteiger partial charge in [0.05, 0.1) is 6.20 Å². The Morgan fingerprint density at radius 2 is 2.47 bits per heavy atom. The lowest BCUT2D eigenvalue weighted by atomic mass is 10.1. The Morgan fingerprint density at radius 1 is 1.53 bits per heavy atom. The molecular weight excluding hydrogens is 188 g/mol. The molecule has 2 N–H and O–H groups in total. The van der Waals surface area contributed by atoms with Gasteiger partial charge in [-0.05, 0) is 31.5 Å². The molecule has 1 aromatic rings. The van der Waals surface area contributed by atoms with E-state index in [2.05, 4.69) is 26.9 Å². The van der Waals surface area contributed by atoms with Gasteiger partial charge in [0.2, 0.25) is 0 Å². The predicted molar refractivity (Wildman–Crippen MR) is 60.8 cm³/mol. The molecule has 0 saturated heterocycles. The minimum atomic E-state index is 0.856. The molecule has 2 rings (SSSR count). The average molecular weight is 204 g/mol. The summed E-state index contributed by atoms with van der Waals surface area (Å²) in [7, 11) is 0. The quantitative estimate of drug-likeness (QED) is 0.724. The molecule has 0 saturated carbocycles. The van der Waals surface area contributed by atoms with Crippen LogP contribution in [0.4, 0.5) is 5.82 Å². The molecule has 1 aliphatic heterocycles. The van der Waals surface area contributed by atoms with E-state index in [1.54, 1.807) is 6.20 Å². The van der Waals surface area contributed by atoms with Gasteiger partial charge in [-0.25, -0.2) is 0 Å². The van der Waals surface area contributed by atoms with Crippen LogP contribution in [0.2, 0.25) is 0 Å². The maximum atomic E-state index is 4.02. The molecule has 0 aromatic carbocycles. The summed E-state index contributed by atoms with van der Waals surface area (Å²) in [5.74, 6) is 0.856.